The Morgan fingerprint density at radius 2 is 1.75 bits per heavy atom. The molecular formula is C6H16FSi. The Labute approximate surface area is 53.3 Å². The molecule has 0 aromatic heterocycles. The van der Waals surface area contributed by atoms with E-state index in [0.717, 1.165) is 5.54 Å². The first-order valence-electron chi connectivity index (χ1n) is 2.98. The molecule has 0 amide bonds. The van der Waals surface area contributed by atoms with E-state index in [9.17, 15) is 0 Å². The van der Waals surface area contributed by atoms with Gasteiger partial charge in [0.05, 0.1) is 0 Å². The van der Waals surface area contributed by atoms with Crippen molar-refractivity contribution in [1.29, 1.82) is 0 Å². The molecule has 0 saturated heterocycles. The highest BCUT2D eigenvalue weighted by Crippen LogP contribution is 2.11. The fraction of sp³-hybridized carbons (Fsp3) is 1.00. The second-order valence-corrected chi connectivity index (χ2v) is 5.53. The average Bonchev–Trinajstić information content (AvgIpc) is 1.65. The third-order valence-electron chi connectivity index (χ3n) is 1.60. The van der Waals surface area contributed by atoms with Gasteiger partial charge in [0.15, 0.2) is 0 Å². The maximum absolute atomic E-state index is 2.37. The molecule has 0 aromatic carbocycles. The zero-order valence-corrected chi connectivity index (χ0v) is 7.19. The quantitative estimate of drug-likeness (QED) is 0.511. The van der Waals surface area contributed by atoms with Gasteiger partial charge >= 0.3 is 0 Å². The van der Waals surface area contributed by atoms with Gasteiger partial charge in [-0.1, -0.05) is 38.9 Å². The average molecular weight is 135 g/mol. The Kier molecular flexibility index (Phi) is 7.28. The van der Waals surface area contributed by atoms with Gasteiger partial charge in [-0.2, -0.15) is 0 Å². The van der Waals surface area contributed by atoms with E-state index in [1.54, 1.807) is 0 Å². The maximum atomic E-state index is 2.37. The van der Waals surface area contributed by atoms with Crippen LogP contribution in [0.25, 0.3) is 0 Å². The molecule has 0 rings (SSSR count). The van der Waals surface area contributed by atoms with E-state index in [0.29, 0.717) is 0 Å². The van der Waals surface area contributed by atoms with E-state index in [1.807, 2.05) is 0 Å². The van der Waals surface area contributed by atoms with Crippen molar-refractivity contribution in [2.75, 3.05) is 0 Å². The molecule has 1 unspecified atom stereocenters. The summed E-state index contributed by atoms with van der Waals surface area (Å²) in [5.41, 5.74) is 1.00. The molecule has 2 heteroatoms. The minimum absolute atomic E-state index is 0. The summed E-state index contributed by atoms with van der Waals surface area (Å²) in [7, 11) is 0.0368. The molecule has 0 N–H and O–H groups in total. The SMILES string of the molecule is CCC(C)[Si](C)C.F. The zero-order chi connectivity index (χ0) is 5.86. The Bertz CT molecular complexity index is 45.8. The van der Waals surface area contributed by atoms with E-state index in [-0.39, 0.29) is 13.5 Å². The van der Waals surface area contributed by atoms with Gasteiger partial charge < -0.3 is 0 Å². The Morgan fingerprint density at radius 1 is 1.38 bits per heavy atom. The third kappa shape index (κ3) is 4.31. The van der Waals surface area contributed by atoms with Crippen molar-refractivity contribution in [3.8, 4) is 0 Å². The lowest BCUT2D eigenvalue weighted by Crippen LogP contribution is -2.06. The minimum atomic E-state index is 0. The Morgan fingerprint density at radius 3 is 1.75 bits per heavy atom. The number of hydrogen-bond acceptors (Lipinski definition) is 0. The fourth-order valence-corrected chi connectivity index (χ4v) is 1.22. The number of rotatable bonds is 2. The van der Waals surface area contributed by atoms with Gasteiger partial charge in [0, 0.05) is 8.80 Å². The highest BCUT2D eigenvalue weighted by Gasteiger charge is 2.03. The first-order valence-corrected chi connectivity index (χ1v) is 5.56. The summed E-state index contributed by atoms with van der Waals surface area (Å²) < 4.78 is 0. The highest BCUT2D eigenvalue weighted by molar-refractivity contribution is 6.57. The molecule has 0 heterocycles. The van der Waals surface area contributed by atoms with Crippen molar-refractivity contribution in [3.05, 3.63) is 0 Å². The first kappa shape index (κ1) is 11.0. The molecule has 0 aromatic rings. The van der Waals surface area contributed by atoms with Crippen LogP contribution < -0.4 is 0 Å². The van der Waals surface area contributed by atoms with E-state index >= 15 is 0 Å². The standard InChI is InChI=1S/C6H15Si.FH/c1-5-6(2)7(3)4;/h6H,5H2,1-4H3;1H. The van der Waals surface area contributed by atoms with Crippen LogP contribution in [0.15, 0.2) is 0 Å². The fourth-order valence-electron chi connectivity index (χ4n) is 0.408. The van der Waals surface area contributed by atoms with Crippen molar-refractivity contribution in [2.45, 2.75) is 38.9 Å². The van der Waals surface area contributed by atoms with Crippen molar-refractivity contribution >= 4 is 8.80 Å². The van der Waals surface area contributed by atoms with Crippen LogP contribution in [0, 0.1) is 0 Å². The third-order valence-corrected chi connectivity index (χ3v) is 3.98. The topological polar surface area (TPSA) is 0 Å². The molecule has 0 aliphatic heterocycles. The monoisotopic (exact) mass is 135 g/mol. The van der Waals surface area contributed by atoms with Crippen LogP contribution in [0.4, 0.5) is 4.70 Å². The van der Waals surface area contributed by atoms with E-state index in [2.05, 4.69) is 26.9 Å². The molecule has 0 aliphatic rings. The van der Waals surface area contributed by atoms with Crippen LogP contribution in [0.5, 0.6) is 0 Å². The molecule has 0 bridgehead atoms. The second kappa shape index (κ2) is 5.29. The largest absolute Gasteiger partial charge is 0.269 e. The lowest BCUT2D eigenvalue weighted by atomic mass is 10.4. The summed E-state index contributed by atoms with van der Waals surface area (Å²) >= 11 is 0. The van der Waals surface area contributed by atoms with Crippen molar-refractivity contribution < 1.29 is 4.70 Å². The predicted octanol–water partition coefficient (Wildman–Crippen LogP) is 2.69. The molecule has 8 heavy (non-hydrogen) atoms. The van der Waals surface area contributed by atoms with E-state index in [4.69, 9.17) is 0 Å². The van der Waals surface area contributed by atoms with Gasteiger partial charge in [0.1, 0.15) is 0 Å². The van der Waals surface area contributed by atoms with Crippen molar-refractivity contribution in [2.24, 2.45) is 0 Å². The highest BCUT2D eigenvalue weighted by atomic mass is 28.3. The Balaban J connectivity index is 0. The molecule has 0 spiro atoms. The summed E-state index contributed by atoms with van der Waals surface area (Å²) in [6, 6.07) is 0. The molecule has 1 atom stereocenters. The summed E-state index contributed by atoms with van der Waals surface area (Å²) in [4.78, 5) is 0. The summed E-state index contributed by atoms with van der Waals surface area (Å²) in [6.07, 6.45) is 1.36. The first-order chi connectivity index (χ1) is 3.18. The van der Waals surface area contributed by atoms with Crippen molar-refractivity contribution in [3.63, 3.8) is 0 Å². The normalized spacial score (nSPS) is 13.1. The van der Waals surface area contributed by atoms with Crippen LogP contribution in [-0.2, 0) is 0 Å². The van der Waals surface area contributed by atoms with Crippen LogP contribution in [-0.4, -0.2) is 8.80 Å². The molecule has 0 saturated carbocycles. The van der Waals surface area contributed by atoms with Gasteiger partial charge in [-0.15, -0.1) is 0 Å². The van der Waals surface area contributed by atoms with Gasteiger partial charge in [0.2, 0.25) is 0 Å². The lowest BCUT2D eigenvalue weighted by Gasteiger charge is -2.08. The Hall–Kier alpha value is 0.147. The van der Waals surface area contributed by atoms with Crippen LogP contribution >= 0.6 is 0 Å². The smallest absolute Gasteiger partial charge is 0.0443 e. The van der Waals surface area contributed by atoms with E-state index in [1.165, 1.54) is 6.42 Å². The second-order valence-electron chi connectivity index (χ2n) is 2.39. The van der Waals surface area contributed by atoms with Crippen LogP contribution in [0.1, 0.15) is 20.3 Å². The summed E-state index contributed by atoms with van der Waals surface area (Å²) in [5.74, 6) is 0. The van der Waals surface area contributed by atoms with E-state index < -0.39 is 0 Å². The molecule has 1 radical (unpaired) electrons. The molecular weight excluding hydrogens is 119 g/mol. The summed E-state index contributed by atoms with van der Waals surface area (Å²) in [6.45, 7) is 9.36. The van der Waals surface area contributed by atoms with Crippen LogP contribution in [0.2, 0.25) is 18.6 Å². The number of hydrogen-bond donors (Lipinski definition) is 0. The predicted molar refractivity (Wildman–Crippen MR) is 39.7 cm³/mol. The van der Waals surface area contributed by atoms with Crippen LogP contribution in [0.3, 0.4) is 0 Å². The summed E-state index contributed by atoms with van der Waals surface area (Å²) in [5, 5.41) is 0. The molecule has 0 aliphatic carbocycles. The molecule has 0 fully saturated rings. The van der Waals surface area contributed by atoms with Gasteiger partial charge in [-0.3, -0.25) is 4.70 Å². The number of halogens is 1. The minimum Gasteiger partial charge on any atom is -0.269 e. The zero-order valence-electron chi connectivity index (χ0n) is 6.19. The van der Waals surface area contributed by atoms with Gasteiger partial charge in [-0.05, 0) is 0 Å². The maximum Gasteiger partial charge on any atom is 0.0443 e. The van der Waals surface area contributed by atoms with Gasteiger partial charge in [-0.25, -0.2) is 0 Å². The lowest BCUT2D eigenvalue weighted by molar-refractivity contribution is 0.859. The van der Waals surface area contributed by atoms with Crippen molar-refractivity contribution in [1.82, 2.24) is 0 Å². The molecule has 0 nitrogen and oxygen atoms in total. The molecule has 51 valence electrons. The van der Waals surface area contributed by atoms with Gasteiger partial charge in [0.25, 0.3) is 0 Å².